The zero-order valence-electron chi connectivity index (χ0n) is 16.8. The number of nitrogens with zero attached hydrogens (tertiary/aromatic N) is 2. The van der Waals surface area contributed by atoms with Gasteiger partial charge in [-0.05, 0) is 45.5 Å². The molecule has 0 saturated carbocycles. The molecule has 29 heavy (non-hydrogen) atoms. The van der Waals surface area contributed by atoms with E-state index in [1.165, 1.54) is 10.4 Å². The Bertz CT molecular complexity index is 981. The second kappa shape index (κ2) is 8.87. The van der Waals surface area contributed by atoms with E-state index >= 15 is 0 Å². The Kier molecular flexibility index (Phi) is 6.68. The molecule has 7 nitrogen and oxygen atoms in total. The van der Waals surface area contributed by atoms with Crippen molar-refractivity contribution in [3.05, 3.63) is 52.4 Å². The predicted octanol–water partition coefficient (Wildman–Crippen LogP) is 3.06. The summed E-state index contributed by atoms with van der Waals surface area (Å²) in [5.41, 5.74) is 0.896. The minimum Gasteiger partial charge on any atom is -0.455 e. The fraction of sp³-hybridized carbons (Fsp3) is 0.450. The Morgan fingerprint density at radius 1 is 1.28 bits per heavy atom. The highest BCUT2D eigenvalue weighted by atomic mass is 35.5. The number of aryl methyl sites for hydroxylation is 1. The third-order valence-corrected chi connectivity index (χ3v) is 7.47. The van der Waals surface area contributed by atoms with E-state index in [9.17, 15) is 13.2 Å². The summed E-state index contributed by atoms with van der Waals surface area (Å²) in [5, 5.41) is 3.44. The van der Waals surface area contributed by atoms with Crippen LogP contribution in [0.3, 0.4) is 0 Å². The lowest BCUT2D eigenvalue weighted by Gasteiger charge is -2.25. The maximum absolute atomic E-state index is 12.8. The summed E-state index contributed by atoms with van der Waals surface area (Å²) in [5.74, 6) is -0.260. The summed E-state index contributed by atoms with van der Waals surface area (Å²) in [6.45, 7) is 2.85. The SMILES string of the molecule is Cc1oc(C(=O)NCC(c2ccccc2Cl)N(C)C)cc1S(=O)(=O)N1CCCC1. The van der Waals surface area contributed by atoms with Crippen LogP contribution in [0.25, 0.3) is 0 Å². The number of benzene rings is 1. The molecule has 1 aliphatic heterocycles. The molecule has 0 aliphatic carbocycles. The smallest absolute Gasteiger partial charge is 0.287 e. The Balaban J connectivity index is 1.75. The highest BCUT2D eigenvalue weighted by molar-refractivity contribution is 7.89. The molecule has 1 fully saturated rings. The van der Waals surface area contributed by atoms with Gasteiger partial charge in [-0.15, -0.1) is 0 Å². The minimum atomic E-state index is -3.64. The molecule has 1 saturated heterocycles. The van der Waals surface area contributed by atoms with Gasteiger partial charge in [0.2, 0.25) is 10.0 Å². The molecule has 0 bridgehead atoms. The monoisotopic (exact) mass is 439 g/mol. The van der Waals surface area contributed by atoms with Gasteiger partial charge in [0.1, 0.15) is 10.7 Å². The van der Waals surface area contributed by atoms with Crippen LogP contribution < -0.4 is 5.32 Å². The minimum absolute atomic E-state index is 0.0167. The van der Waals surface area contributed by atoms with E-state index in [1.54, 1.807) is 13.0 Å². The molecule has 9 heteroatoms. The molecule has 158 valence electrons. The molecule has 3 rings (SSSR count). The number of carbonyl (C=O) groups is 1. The summed E-state index contributed by atoms with van der Waals surface area (Å²) in [6.07, 6.45) is 1.69. The van der Waals surface area contributed by atoms with Crippen LogP contribution in [0.15, 0.2) is 39.6 Å². The first-order valence-electron chi connectivity index (χ1n) is 9.51. The number of hydrogen-bond acceptors (Lipinski definition) is 5. The van der Waals surface area contributed by atoms with Gasteiger partial charge in [0, 0.05) is 30.7 Å². The quantitative estimate of drug-likeness (QED) is 0.716. The first kappa shape index (κ1) is 21.8. The third-order valence-electron chi connectivity index (χ3n) is 5.12. The molecule has 1 amide bonds. The van der Waals surface area contributed by atoms with Gasteiger partial charge in [-0.25, -0.2) is 8.42 Å². The van der Waals surface area contributed by atoms with Crippen LogP contribution in [0, 0.1) is 6.92 Å². The molecular weight excluding hydrogens is 414 g/mol. The Morgan fingerprint density at radius 3 is 2.55 bits per heavy atom. The van der Waals surface area contributed by atoms with Gasteiger partial charge in [-0.3, -0.25) is 4.79 Å². The molecule has 1 aromatic carbocycles. The maximum atomic E-state index is 12.8. The van der Waals surface area contributed by atoms with E-state index in [2.05, 4.69) is 5.32 Å². The van der Waals surface area contributed by atoms with Crippen LogP contribution in [0.1, 0.15) is 40.8 Å². The number of rotatable bonds is 7. The van der Waals surface area contributed by atoms with E-state index in [0.717, 1.165) is 18.4 Å². The highest BCUT2D eigenvalue weighted by Crippen LogP contribution is 2.27. The first-order chi connectivity index (χ1) is 13.7. The van der Waals surface area contributed by atoms with Gasteiger partial charge in [-0.1, -0.05) is 29.8 Å². The molecule has 0 radical (unpaired) electrons. The summed E-state index contributed by atoms with van der Waals surface area (Å²) < 4.78 is 32.5. The molecule has 1 N–H and O–H groups in total. The van der Waals surface area contributed by atoms with Crippen molar-refractivity contribution < 1.29 is 17.6 Å². The number of carbonyl (C=O) groups excluding carboxylic acids is 1. The van der Waals surface area contributed by atoms with E-state index in [0.29, 0.717) is 24.7 Å². The van der Waals surface area contributed by atoms with Gasteiger partial charge in [0.05, 0.1) is 6.04 Å². The number of amides is 1. The third kappa shape index (κ3) is 4.66. The van der Waals surface area contributed by atoms with E-state index in [4.69, 9.17) is 16.0 Å². The zero-order chi connectivity index (χ0) is 21.2. The number of hydrogen-bond donors (Lipinski definition) is 1. The Hall–Kier alpha value is -1.87. The van der Waals surface area contributed by atoms with Crippen molar-refractivity contribution in [2.24, 2.45) is 0 Å². The Labute approximate surface area is 176 Å². The van der Waals surface area contributed by atoms with Crippen molar-refractivity contribution in [2.75, 3.05) is 33.7 Å². The molecular formula is C20H26ClN3O4S. The topological polar surface area (TPSA) is 82.9 Å². The number of halogens is 1. The Morgan fingerprint density at radius 2 is 1.93 bits per heavy atom. The highest BCUT2D eigenvalue weighted by Gasteiger charge is 2.32. The van der Waals surface area contributed by atoms with Crippen LogP contribution >= 0.6 is 11.6 Å². The maximum Gasteiger partial charge on any atom is 0.287 e. The number of sulfonamides is 1. The van der Waals surface area contributed by atoms with Crippen molar-refractivity contribution in [1.82, 2.24) is 14.5 Å². The van der Waals surface area contributed by atoms with Gasteiger partial charge < -0.3 is 14.6 Å². The lowest BCUT2D eigenvalue weighted by molar-refractivity contribution is 0.0913. The van der Waals surface area contributed by atoms with E-state index < -0.39 is 15.9 Å². The second-order valence-electron chi connectivity index (χ2n) is 7.35. The van der Waals surface area contributed by atoms with Gasteiger partial charge in [-0.2, -0.15) is 4.31 Å². The van der Waals surface area contributed by atoms with E-state index in [-0.39, 0.29) is 22.5 Å². The van der Waals surface area contributed by atoms with E-state index in [1.807, 2.05) is 37.2 Å². The lowest BCUT2D eigenvalue weighted by Crippen LogP contribution is -2.34. The lowest BCUT2D eigenvalue weighted by atomic mass is 10.1. The van der Waals surface area contributed by atoms with Crippen LogP contribution in [-0.2, 0) is 10.0 Å². The average molecular weight is 440 g/mol. The predicted molar refractivity (Wildman–Crippen MR) is 112 cm³/mol. The van der Waals surface area contributed by atoms with Crippen LogP contribution in [0.5, 0.6) is 0 Å². The molecule has 2 heterocycles. The molecule has 0 spiro atoms. The standard InChI is InChI=1S/C20H26ClN3O4S/c1-14-19(29(26,27)24-10-6-7-11-24)12-18(28-14)20(25)22-13-17(23(2)3)15-8-4-5-9-16(15)21/h4-5,8-9,12,17H,6-7,10-11,13H2,1-3H3,(H,22,25). The van der Waals surface area contributed by atoms with Crippen molar-refractivity contribution >= 4 is 27.5 Å². The summed E-state index contributed by atoms with van der Waals surface area (Å²) >= 11 is 6.30. The van der Waals surface area contributed by atoms with Crippen LogP contribution in [0.4, 0.5) is 0 Å². The summed E-state index contributed by atoms with van der Waals surface area (Å²) in [4.78, 5) is 14.6. The number of likely N-dealkylation sites (N-methyl/N-ethyl adjacent to an activating group) is 1. The van der Waals surface area contributed by atoms with Crippen molar-refractivity contribution in [3.63, 3.8) is 0 Å². The van der Waals surface area contributed by atoms with Gasteiger partial charge >= 0.3 is 0 Å². The molecule has 1 unspecified atom stereocenters. The van der Waals surface area contributed by atoms with Crippen LogP contribution in [0.2, 0.25) is 5.02 Å². The van der Waals surface area contributed by atoms with Gasteiger partial charge in [0.15, 0.2) is 5.76 Å². The number of furan rings is 1. The fourth-order valence-corrected chi connectivity index (χ4v) is 5.43. The largest absolute Gasteiger partial charge is 0.455 e. The normalized spacial score (nSPS) is 16.3. The summed E-state index contributed by atoms with van der Waals surface area (Å²) in [7, 11) is 0.160. The summed E-state index contributed by atoms with van der Waals surface area (Å²) in [6, 6.07) is 8.64. The average Bonchev–Trinajstić information content (AvgIpc) is 3.33. The van der Waals surface area contributed by atoms with Crippen molar-refractivity contribution in [1.29, 1.82) is 0 Å². The molecule has 1 atom stereocenters. The second-order valence-corrected chi connectivity index (χ2v) is 9.67. The zero-order valence-corrected chi connectivity index (χ0v) is 18.4. The molecule has 1 aliphatic rings. The molecule has 2 aromatic rings. The van der Waals surface area contributed by atoms with Crippen LogP contribution in [-0.4, -0.2) is 57.3 Å². The van der Waals surface area contributed by atoms with Crippen molar-refractivity contribution in [2.45, 2.75) is 30.7 Å². The fourth-order valence-electron chi connectivity index (χ4n) is 3.49. The molecule has 1 aromatic heterocycles. The van der Waals surface area contributed by atoms with Crippen molar-refractivity contribution in [3.8, 4) is 0 Å². The first-order valence-corrected chi connectivity index (χ1v) is 11.3. The number of nitrogens with one attached hydrogen (secondary N) is 1. The van der Waals surface area contributed by atoms with Gasteiger partial charge in [0.25, 0.3) is 5.91 Å².